The van der Waals surface area contributed by atoms with Crippen molar-refractivity contribution >= 4 is 5.69 Å². The van der Waals surface area contributed by atoms with Gasteiger partial charge in [0.2, 0.25) is 0 Å². The minimum absolute atomic E-state index is 0.429. The third kappa shape index (κ3) is 1.64. The van der Waals surface area contributed by atoms with Crippen LogP contribution in [0.25, 0.3) is 0 Å². The van der Waals surface area contributed by atoms with Crippen LogP contribution < -0.4 is 9.64 Å². The lowest BCUT2D eigenvalue weighted by Crippen LogP contribution is -2.23. The molecule has 17 heavy (non-hydrogen) atoms. The van der Waals surface area contributed by atoms with E-state index in [-0.39, 0.29) is 0 Å². The Bertz CT molecular complexity index is 543. The van der Waals surface area contributed by atoms with E-state index < -0.39 is 0 Å². The summed E-state index contributed by atoms with van der Waals surface area (Å²) in [7, 11) is 2.03. The van der Waals surface area contributed by atoms with Gasteiger partial charge in [0.25, 0.3) is 0 Å². The molecule has 2 heterocycles. The number of pyridine rings is 1. The zero-order valence-corrected chi connectivity index (χ0v) is 9.92. The number of aromatic nitrogens is 1. The van der Waals surface area contributed by atoms with E-state index in [1.54, 1.807) is 6.20 Å². The fourth-order valence-corrected chi connectivity index (χ4v) is 2.04. The number of hydrogen-bond acceptors (Lipinski definition) is 3. The molecule has 0 saturated heterocycles. The number of nitrogens with zero attached hydrogens (tertiary/aromatic N) is 2. The van der Waals surface area contributed by atoms with Gasteiger partial charge in [-0.1, -0.05) is 19.1 Å². The van der Waals surface area contributed by atoms with E-state index in [1.807, 2.05) is 25.4 Å². The summed E-state index contributed by atoms with van der Waals surface area (Å²) in [4.78, 5) is 6.25. The quantitative estimate of drug-likeness (QED) is 0.680. The predicted octanol–water partition coefficient (Wildman–Crippen LogP) is 2.88. The Kier molecular flexibility index (Phi) is 2.25. The van der Waals surface area contributed by atoms with Crippen LogP contribution in [0, 0.1) is 5.92 Å². The van der Waals surface area contributed by atoms with Crippen LogP contribution in [0.4, 0.5) is 5.69 Å². The van der Waals surface area contributed by atoms with Crippen molar-refractivity contribution in [3.63, 3.8) is 0 Å². The summed E-state index contributed by atoms with van der Waals surface area (Å²) >= 11 is 0. The molecule has 1 aliphatic carbocycles. The lowest BCUT2D eigenvalue weighted by Gasteiger charge is -2.29. The highest BCUT2D eigenvalue weighted by molar-refractivity contribution is 5.66. The first kappa shape index (κ1) is 10.1. The smallest absolute Gasteiger partial charge is 0.154 e. The van der Waals surface area contributed by atoms with E-state index >= 15 is 0 Å². The summed E-state index contributed by atoms with van der Waals surface area (Å²) in [6.07, 6.45) is 12.0. The second kappa shape index (κ2) is 3.77. The molecular weight excluding hydrogens is 212 g/mol. The van der Waals surface area contributed by atoms with Crippen molar-refractivity contribution in [2.45, 2.75) is 6.92 Å². The molecule has 1 aliphatic heterocycles. The van der Waals surface area contributed by atoms with Crippen molar-refractivity contribution < 1.29 is 4.74 Å². The van der Waals surface area contributed by atoms with Crippen molar-refractivity contribution in [3.05, 3.63) is 54.2 Å². The van der Waals surface area contributed by atoms with Crippen molar-refractivity contribution in [3.8, 4) is 5.75 Å². The lowest BCUT2D eigenvalue weighted by molar-refractivity contribution is 0.428. The number of ether oxygens (including phenoxy) is 1. The molecule has 3 rings (SSSR count). The Morgan fingerprint density at radius 2 is 2.12 bits per heavy atom. The van der Waals surface area contributed by atoms with Crippen LogP contribution in [-0.4, -0.2) is 12.0 Å². The molecule has 0 amide bonds. The van der Waals surface area contributed by atoms with Crippen molar-refractivity contribution in [2.24, 2.45) is 5.92 Å². The Morgan fingerprint density at radius 1 is 1.29 bits per heavy atom. The topological polar surface area (TPSA) is 25.4 Å². The Balaban J connectivity index is 2.10. The molecule has 1 aromatic rings. The molecule has 0 N–H and O–H groups in total. The third-order valence-corrected chi connectivity index (χ3v) is 3.07. The summed E-state index contributed by atoms with van der Waals surface area (Å²) in [5.74, 6) is 2.18. The number of allylic oxidation sites excluding steroid dienone is 4. The first-order chi connectivity index (χ1) is 8.25. The third-order valence-electron chi connectivity index (χ3n) is 3.07. The molecule has 0 spiro atoms. The second-order valence-corrected chi connectivity index (χ2v) is 4.33. The van der Waals surface area contributed by atoms with Gasteiger partial charge in [-0.15, -0.1) is 0 Å². The van der Waals surface area contributed by atoms with Gasteiger partial charge >= 0.3 is 0 Å². The molecule has 86 valence electrons. The molecule has 0 aromatic carbocycles. The molecule has 0 radical (unpaired) electrons. The van der Waals surface area contributed by atoms with Gasteiger partial charge in [-0.3, -0.25) is 4.98 Å². The van der Waals surface area contributed by atoms with E-state index in [4.69, 9.17) is 4.74 Å². The highest BCUT2D eigenvalue weighted by Gasteiger charge is 2.22. The normalized spacial score (nSPS) is 21.8. The monoisotopic (exact) mass is 226 g/mol. The minimum atomic E-state index is 0.429. The number of anilines is 1. The Labute approximate surface area is 101 Å². The predicted molar refractivity (Wildman–Crippen MR) is 67.7 cm³/mol. The maximum atomic E-state index is 5.89. The summed E-state index contributed by atoms with van der Waals surface area (Å²) in [5, 5.41) is 0. The molecule has 1 atom stereocenters. The van der Waals surface area contributed by atoms with Gasteiger partial charge < -0.3 is 9.64 Å². The zero-order valence-electron chi connectivity index (χ0n) is 9.92. The number of rotatable bonds is 0. The molecule has 0 bridgehead atoms. The van der Waals surface area contributed by atoms with E-state index in [1.165, 1.54) is 0 Å². The molecule has 3 nitrogen and oxygen atoms in total. The van der Waals surface area contributed by atoms with Gasteiger partial charge in [-0.2, -0.15) is 0 Å². The first-order valence-corrected chi connectivity index (χ1v) is 5.72. The van der Waals surface area contributed by atoms with Crippen LogP contribution in [0.1, 0.15) is 6.92 Å². The van der Waals surface area contributed by atoms with Crippen LogP contribution in [0.5, 0.6) is 5.75 Å². The van der Waals surface area contributed by atoms with E-state index in [9.17, 15) is 0 Å². The van der Waals surface area contributed by atoms with Crippen LogP contribution >= 0.6 is 0 Å². The van der Waals surface area contributed by atoms with Crippen molar-refractivity contribution in [1.29, 1.82) is 0 Å². The average Bonchev–Trinajstić information content (AvgIpc) is 2.53. The lowest BCUT2D eigenvalue weighted by atomic mass is 10.1. The van der Waals surface area contributed by atoms with E-state index in [0.29, 0.717) is 5.92 Å². The Morgan fingerprint density at radius 3 is 3.00 bits per heavy atom. The highest BCUT2D eigenvalue weighted by atomic mass is 16.5. The molecular formula is C14H14N2O. The maximum absolute atomic E-state index is 5.89. The molecule has 0 fully saturated rings. The van der Waals surface area contributed by atoms with E-state index in [0.717, 1.165) is 22.9 Å². The molecule has 1 aromatic heterocycles. The average molecular weight is 226 g/mol. The number of likely N-dealkylation sites (N-methyl/N-ethyl adjacent to an activating group) is 1. The number of hydrogen-bond donors (Lipinski definition) is 0. The fraction of sp³-hybridized carbons (Fsp3) is 0.214. The van der Waals surface area contributed by atoms with Crippen LogP contribution in [0.3, 0.4) is 0 Å². The summed E-state index contributed by atoms with van der Waals surface area (Å²) in [6.45, 7) is 2.15. The second-order valence-electron chi connectivity index (χ2n) is 4.33. The molecule has 1 unspecified atom stereocenters. The van der Waals surface area contributed by atoms with Gasteiger partial charge in [0.15, 0.2) is 11.5 Å². The minimum Gasteiger partial charge on any atom is -0.453 e. The van der Waals surface area contributed by atoms with Crippen molar-refractivity contribution in [2.75, 3.05) is 11.9 Å². The largest absolute Gasteiger partial charge is 0.453 e. The van der Waals surface area contributed by atoms with Gasteiger partial charge in [0.1, 0.15) is 5.69 Å². The standard InChI is InChI=1S/C14H14N2O/c1-10-3-5-11-13(6-4-10)17-14-7-8-15-9-12(14)16(11)2/h3-10H,1-2H3. The van der Waals surface area contributed by atoms with Gasteiger partial charge in [0.05, 0.1) is 11.9 Å². The maximum Gasteiger partial charge on any atom is 0.154 e. The first-order valence-electron chi connectivity index (χ1n) is 5.72. The SMILES string of the molecule is CC1C=CC2=C(C=C1)N(C)c1cnccc1O2. The summed E-state index contributed by atoms with van der Waals surface area (Å²) < 4.78 is 5.89. The Hall–Kier alpha value is -2.03. The highest BCUT2D eigenvalue weighted by Crippen LogP contribution is 2.37. The summed E-state index contributed by atoms with van der Waals surface area (Å²) in [5.41, 5.74) is 2.07. The van der Waals surface area contributed by atoms with Gasteiger partial charge in [0, 0.05) is 19.3 Å². The van der Waals surface area contributed by atoms with Crippen molar-refractivity contribution in [1.82, 2.24) is 4.98 Å². The van der Waals surface area contributed by atoms with Crippen LogP contribution in [0.15, 0.2) is 54.2 Å². The van der Waals surface area contributed by atoms with Crippen LogP contribution in [-0.2, 0) is 0 Å². The van der Waals surface area contributed by atoms with Gasteiger partial charge in [-0.25, -0.2) is 0 Å². The fourth-order valence-electron chi connectivity index (χ4n) is 2.04. The van der Waals surface area contributed by atoms with E-state index in [2.05, 4.69) is 35.0 Å². The zero-order chi connectivity index (χ0) is 11.8. The summed E-state index contributed by atoms with van der Waals surface area (Å²) in [6, 6.07) is 1.89. The molecule has 2 aliphatic rings. The van der Waals surface area contributed by atoms with Gasteiger partial charge in [-0.05, 0) is 18.1 Å². The molecule has 3 heteroatoms. The van der Waals surface area contributed by atoms with Crippen LogP contribution in [0.2, 0.25) is 0 Å². The molecule has 0 saturated carbocycles. The number of fused-ring (bicyclic) bond motifs is 1.